The lowest BCUT2D eigenvalue weighted by atomic mass is 10.0. The summed E-state index contributed by atoms with van der Waals surface area (Å²) >= 11 is 0. The van der Waals surface area contributed by atoms with E-state index in [1.54, 1.807) is 25.2 Å². The van der Waals surface area contributed by atoms with E-state index in [0.717, 1.165) is 6.07 Å². The Bertz CT molecular complexity index is 1330. The van der Waals surface area contributed by atoms with Crippen LogP contribution in [0.25, 0.3) is 11.0 Å². The Kier molecular flexibility index (Phi) is 6.08. The fraction of sp³-hybridized carbons (Fsp3) is 0.417. The second-order valence-corrected chi connectivity index (χ2v) is 8.77. The molecule has 0 bridgehead atoms. The molecule has 1 aliphatic heterocycles. The second-order valence-electron chi connectivity index (χ2n) is 8.77. The summed E-state index contributed by atoms with van der Waals surface area (Å²) in [6, 6.07) is 10.4. The van der Waals surface area contributed by atoms with Crippen LogP contribution in [0.5, 0.6) is 0 Å². The molecule has 10 heteroatoms. The number of rotatable bonds is 3. The molecule has 178 valence electrons. The summed E-state index contributed by atoms with van der Waals surface area (Å²) in [5, 5.41) is 9.31. The molecule has 0 spiro atoms. The zero-order valence-electron chi connectivity index (χ0n) is 19.3. The van der Waals surface area contributed by atoms with Gasteiger partial charge in [0.15, 0.2) is 0 Å². The minimum absolute atomic E-state index is 0.0409. The molecule has 3 atom stereocenters. The number of alkyl halides is 3. The molecule has 4 rings (SSSR count). The van der Waals surface area contributed by atoms with Gasteiger partial charge in [-0.1, -0.05) is 6.07 Å². The van der Waals surface area contributed by atoms with Crippen LogP contribution in [0.4, 0.5) is 18.9 Å². The maximum absolute atomic E-state index is 13.2. The van der Waals surface area contributed by atoms with Gasteiger partial charge in [0.1, 0.15) is 23.0 Å². The molecule has 1 fully saturated rings. The molecule has 0 radical (unpaired) electrons. The van der Waals surface area contributed by atoms with Crippen molar-refractivity contribution in [2.45, 2.75) is 45.1 Å². The molecule has 1 aliphatic rings. The number of hydrogen-bond donors (Lipinski definition) is 0. The minimum atomic E-state index is -4.50. The maximum Gasteiger partial charge on any atom is 0.433 e. The molecule has 0 aromatic carbocycles. The van der Waals surface area contributed by atoms with E-state index in [1.165, 1.54) is 16.7 Å². The molecule has 3 aromatic rings. The Morgan fingerprint density at radius 2 is 1.85 bits per heavy atom. The second kappa shape index (κ2) is 8.72. The largest absolute Gasteiger partial charge is 0.433 e. The summed E-state index contributed by atoms with van der Waals surface area (Å²) in [6.07, 6.45) is -4.50. The first-order valence-electron chi connectivity index (χ1n) is 11.0. The van der Waals surface area contributed by atoms with Crippen molar-refractivity contribution in [3.05, 3.63) is 63.8 Å². The standard InChI is InChI=1S/C24H25F3N6O/c1-14-13-33(20-10-22(34)31(4)19-9-8-17(11-28)29-23(19)20)15(2)12-32(14)16(3)18-6-5-7-21(30-18)24(25,26)27/h5-10,14-16H,12-13H2,1-4H3/t14?,15-,16?/m0/s1. The highest BCUT2D eigenvalue weighted by Gasteiger charge is 2.36. The smallest absolute Gasteiger partial charge is 0.364 e. The van der Waals surface area contributed by atoms with Crippen molar-refractivity contribution in [1.29, 1.82) is 5.26 Å². The number of halogens is 3. The van der Waals surface area contributed by atoms with Crippen molar-refractivity contribution in [3.8, 4) is 6.07 Å². The molecular formula is C24H25F3N6O. The molecule has 34 heavy (non-hydrogen) atoms. The molecule has 0 aliphatic carbocycles. The predicted octanol–water partition coefficient (Wildman–Crippen LogP) is 3.88. The summed E-state index contributed by atoms with van der Waals surface area (Å²) in [7, 11) is 1.66. The summed E-state index contributed by atoms with van der Waals surface area (Å²) in [5.41, 5.74) is 1.39. The maximum atomic E-state index is 13.2. The quantitative estimate of drug-likeness (QED) is 0.578. The summed E-state index contributed by atoms with van der Waals surface area (Å²) in [6.45, 7) is 6.94. The zero-order chi connectivity index (χ0) is 24.8. The third kappa shape index (κ3) is 4.23. The van der Waals surface area contributed by atoms with Crippen LogP contribution in [0.3, 0.4) is 0 Å². The highest BCUT2D eigenvalue weighted by Crippen LogP contribution is 2.33. The third-order valence-electron chi connectivity index (χ3n) is 6.51. The highest BCUT2D eigenvalue weighted by atomic mass is 19.4. The number of piperazine rings is 1. The van der Waals surface area contributed by atoms with E-state index in [2.05, 4.69) is 19.8 Å². The van der Waals surface area contributed by atoms with Gasteiger partial charge in [-0.05, 0) is 45.0 Å². The van der Waals surface area contributed by atoms with Gasteiger partial charge in [0.25, 0.3) is 5.56 Å². The Labute approximate surface area is 195 Å². The lowest BCUT2D eigenvalue weighted by Crippen LogP contribution is -2.57. The number of hydrogen-bond acceptors (Lipinski definition) is 6. The average Bonchev–Trinajstić information content (AvgIpc) is 2.81. The number of anilines is 1. The van der Waals surface area contributed by atoms with Crippen molar-refractivity contribution < 1.29 is 13.2 Å². The van der Waals surface area contributed by atoms with Gasteiger partial charge in [0, 0.05) is 44.3 Å². The van der Waals surface area contributed by atoms with Crippen LogP contribution in [0, 0.1) is 11.3 Å². The average molecular weight is 470 g/mol. The Morgan fingerprint density at radius 1 is 1.12 bits per heavy atom. The Morgan fingerprint density at radius 3 is 2.53 bits per heavy atom. The van der Waals surface area contributed by atoms with Crippen LogP contribution in [0.2, 0.25) is 0 Å². The summed E-state index contributed by atoms with van der Waals surface area (Å²) < 4.78 is 41.0. The van der Waals surface area contributed by atoms with Crippen molar-refractivity contribution >= 4 is 16.7 Å². The lowest BCUT2D eigenvalue weighted by Gasteiger charge is -2.47. The third-order valence-corrected chi connectivity index (χ3v) is 6.51. The van der Waals surface area contributed by atoms with Crippen LogP contribution >= 0.6 is 0 Å². The predicted molar refractivity (Wildman–Crippen MR) is 122 cm³/mol. The van der Waals surface area contributed by atoms with E-state index in [9.17, 15) is 23.2 Å². The molecular weight excluding hydrogens is 445 g/mol. The van der Waals surface area contributed by atoms with E-state index < -0.39 is 11.9 Å². The number of aryl methyl sites for hydroxylation is 1. The molecule has 1 saturated heterocycles. The van der Waals surface area contributed by atoms with E-state index in [0.29, 0.717) is 35.5 Å². The van der Waals surface area contributed by atoms with Crippen LogP contribution in [0.1, 0.15) is 43.9 Å². The molecule has 4 heterocycles. The van der Waals surface area contributed by atoms with Gasteiger partial charge in [-0.25, -0.2) is 9.97 Å². The number of nitriles is 1. The van der Waals surface area contributed by atoms with E-state index in [1.807, 2.05) is 26.8 Å². The minimum Gasteiger partial charge on any atom is -0.364 e. The first kappa shape index (κ1) is 23.7. The molecule has 0 amide bonds. The molecule has 2 unspecified atom stereocenters. The first-order valence-corrected chi connectivity index (χ1v) is 11.0. The van der Waals surface area contributed by atoms with Crippen molar-refractivity contribution in [3.63, 3.8) is 0 Å². The van der Waals surface area contributed by atoms with E-state index >= 15 is 0 Å². The van der Waals surface area contributed by atoms with E-state index in [4.69, 9.17) is 0 Å². The van der Waals surface area contributed by atoms with Gasteiger partial charge in [0.05, 0.1) is 16.9 Å². The Hall–Kier alpha value is -3.45. The van der Waals surface area contributed by atoms with Gasteiger partial charge in [-0.15, -0.1) is 0 Å². The van der Waals surface area contributed by atoms with Crippen molar-refractivity contribution in [2.24, 2.45) is 7.05 Å². The highest BCUT2D eigenvalue weighted by molar-refractivity contribution is 5.89. The fourth-order valence-corrected chi connectivity index (χ4v) is 4.63. The van der Waals surface area contributed by atoms with Gasteiger partial charge in [-0.3, -0.25) is 9.69 Å². The van der Waals surface area contributed by atoms with Gasteiger partial charge < -0.3 is 9.47 Å². The van der Waals surface area contributed by atoms with Crippen molar-refractivity contribution in [2.75, 3.05) is 18.0 Å². The lowest BCUT2D eigenvalue weighted by molar-refractivity contribution is -0.141. The normalized spacial score (nSPS) is 20.4. The molecule has 0 saturated carbocycles. The molecule has 0 N–H and O–H groups in total. The number of aromatic nitrogens is 3. The molecule has 7 nitrogen and oxygen atoms in total. The fourth-order valence-electron chi connectivity index (χ4n) is 4.63. The van der Waals surface area contributed by atoms with Gasteiger partial charge in [0.2, 0.25) is 0 Å². The molecule has 3 aromatic heterocycles. The summed E-state index contributed by atoms with van der Waals surface area (Å²) in [5.74, 6) is 0. The first-order chi connectivity index (χ1) is 16.0. The SMILES string of the molecule is CC1CN(c2cc(=O)n(C)c3ccc(C#N)nc23)[C@@H](C)CN1C(C)c1cccc(C(F)(F)F)n1. The van der Waals surface area contributed by atoms with Crippen molar-refractivity contribution in [1.82, 2.24) is 19.4 Å². The van der Waals surface area contributed by atoms with Crippen LogP contribution in [-0.4, -0.2) is 44.6 Å². The zero-order valence-corrected chi connectivity index (χ0v) is 19.3. The number of nitrogens with zero attached hydrogens (tertiary/aromatic N) is 6. The monoisotopic (exact) mass is 470 g/mol. The van der Waals surface area contributed by atoms with Gasteiger partial charge >= 0.3 is 6.18 Å². The van der Waals surface area contributed by atoms with Crippen LogP contribution in [-0.2, 0) is 13.2 Å². The topological polar surface area (TPSA) is 78.0 Å². The van der Waals surface area contributed by atoms with Gasteiger partial charge in [-0.2, -0.15) is 18.4 Å². The van der Waals surface area contributed by atoms with Crippen LogP contribution < -0.4 is 10.5 Å². The number of pyridine rings is 3. The van der Waals surface area contributed by atoms with E-state index in [-0.39, 0.29) is 29.4 Å². The Balaban J connectivity index is 1.67. The number of fused-ring (bicyclic) bond motifs is 1. The summed E-state index contributed by atoms with van der Waals surface area (Å²) in [4.78, 5) is 25.2. The van der Waals surface area contributed by atoms with Crippen LogP contribution in [0.15, 0.2) is 41.2 Å².